The molecular weight excluding hydrogens is 220 g/mol. The van der Waals surface area contributed by atoms with Crippen molar-refractivity contribution in [2.45, 2.75) is 12.8 Å². The van der Waals surface area contributed by atoms with Gasteiger partial charge in [-0.05, 0) is 31.0 Å². The van der Waals surface area contributed by atoms with Crippen LogP contribution in [-0.2, 0) is 0 Å². The standard InChI is InChI=1S/C12H14N2O3/c13-11(16)8-3-4-10(15)9(7-8)12(17)14-5-1-2-6-14/h3-4,7,15H,1-2,5-6H2,(H2,13,16). The summed E-state index contributed by atoms with van der Waals surface area (Å²) in [6.45, 7) is 1.39. The molecule has 1 aliphatic heterocycles. The maximum Gasteiger partial charge on any atom is 0.257 e. The second-order valence-electron chi connectivity index (χ2n) is 4.10. The number of primary amides is 1. The van der Waals surface area contributed by atoms with E-state index in [0.29, 0.717) is 13.1 Å². The number of benzene rings is 1. The number of nitrogens with zero attached hydrogens (tertiary/aromatic N) is 1. The first-order valence-electron chi connectivity index (χ1n) is 5.51. The highest BCUT2D eigenvalue weighted by Gasteiger charge is 2.22. The molecule has 0 unspecified atom stereocenters. The Morgan fingerprint density at radius 3 is 2.47 bits per heavy atom. The highest BCUT2D eigenvalue weighted by atomic mass is 16.3. The van der Waals surface area contributed by atoms with E-state index >= 15 is 0 Å². The summed E-state index contributed by atoms with van der Waals surface area (Å²) in [5.41, 5.74) is 5.51. The molecule has 5 heteroatoms. The molecule has 1 heterocycles. The molecule has 0 spiro atoms. The summed E-state index contributed by atoms with van der Waals surface area (Å²) in [6.07, 6.45) is 1.95. The van der Waals surface area contributed by atoms with Gasteiger partial charge in [-0.3, -0.25) is 9.59 Å². The van der Waals surface area contributed by atoms with Gasteiger partial charge in [-0.2, -0.15) is 0 Å². The molecule has 90 valence electrons. The monoisotopic (exact) mass is 234 g/mol. The van der Waals surface area contributed by atoms with E-state index in [4.69, 9.17) is 5.73 Å². The molecule has 0 atom stereocenters. The normalized spacial score (nSPS) is 14.9. The van der Waals surface area contributed by atoms with Crippen LogP contribution >= 0.6 is 0 Å². The van der Waals surface area contributed by atoms with Gasteiger partial charge < -0.3 is 15.7 Å². The van der Waals surface area contributed by atoms with Crippen molar-refractivity contribution in [1.29, 1.82) is 0 Å². The summed E-state index contributed by atoms with van der Waals surface area (Å²) in [4.78, 5) is 24.7. The lowest BCUT2D eigenvalue weighted by molar-refractivity contribution is 0.0790. The maximum atomic E-state index is 12.1. The van der Waals surface area contributed by atoms with Gasteiger partial charge in [0.2, 0.25) is 5.91 Å². The number of nitrogens with two attached hydrogens (primary N) is 1. The first-order valence-corrected chi connectivity index (χ1v) is 5.51. The van der Waals surface area contributed by atoms with Crippen LogP contribution in [0.1, 0.15) is 33.6 Å². The van der Waals surface area contributed by atoms with Gasteiger partial charge in [0.15, 0.2) is 0 Å². The van der Waals surface area contributed by atoms with Crippen LogP contribution < -0.4 is 5.73 Å². The van der Waals surface area contributed by atoms with Gasteiger partial charge in [-0.15, -0.1) is 0 Å². The number of carbonyl (C=O) groups excluding carboxylic acids is 2. The molecule has 1 fully saturated rings. The van der Waals surface area contributed by atoms with E-state index in [1.165, 1.54) is 18.2 Å². The summed E-state index contributed by atoms with van der Waals surface area (Å²) in [7, 11) is 0. The number of rotatable bonds is 2. The second-order valence-corrected chi connectivity index (χ2v) is 4.10. The Bertz CT molecular complexity index is 465. The van der Waals surface area contributed by atoms with Gasteiger partial charge in [-0.25, -0.2) is 0 Å². The molecule has 0 aromatic heterocycles. The van der Waals surface area contributed by atoms with Gasteiger partial charge in [0.05, 0.1) is 5.56 Å². The Labute approximate surface area is 98.8 Å². The Balaban J connectivity index is 2.32. The largest absolute Gasteiger partial charge is 0.507 e. The van der Waals surface area contributed by atoms with Crippen LogP contribution in [-0.4, -0.2) is 34.9 Å². The Kier molecular flexibility index (Phi) is 2.99. The lowest BCUT2D eigenvalue weighted by Crippen LogP contribution is -2.28. The van der Waals surface area contributed by atoms with E-state index in [1.54, 1.807) is 4.90 Å². The summed E-state index contributed by atoms with van der Waals surface area (Å²) in [5, 5.41) is 9.65. The van der Waals surface area contributed by atoms with E-state index in [9.17, 15) is 14.7 Å². The number of hydrogen-bond acceptors (Lipinski definition) is 3. The Morgan fingerprint density at radius 1 is 1.24 bits per heavy atom. The third-order valence-electron chi connectivity index (χ3n) is 2.90. The van der Waals surface area contributed by atoms with Gasteiger partial charge in [0.25, 0.3) is 5.91 Å². The minimum Gasteiger partial charge on any atom is -0.507 e. The average molecular weight is 234 g/mol. The number of phenolic OH excluding ortho intramolecular Hbond substituents is 1. The van der Waals surface area contributed by atoms with Crippen molar-refractivity contribution in [3.05, 3.63) is 29.3 Å². The van der Waals surface area contributed by atoms with Crippen LogP contribution in [0.2, 0.25) is 0 Å². The number of phenols is 1. The van der Waals surface area contributed by atoms with Crippen molar-refractivity contribution in [3.8, 4) is 5.75 Å². The van der Waals surface area contributed by atoms with Crippen molar-refractivity contribution in [2.24, 2.45) is 5.73 Å². The molecule has 1 aromatic rings. The van der Waals surface area contributed by atoms with Crippen LogP contribution in [0.3, 0.4) is 0 Å². The molecule has 1 saturated heterocycles. The van der Waals surface area contributed by atoms with Gasteiger partial charge in [-0.1, -0.05) is 0 Å². The number of aromatic hydroxyl groups is 1. The topological polar surface area (TPSA) is 83.6 Å². The molecule has 0 aliphatic carbocycles. The summed E-state index contributed by atoms with van der Waals surface area (Å²) >= 11 is 0. The molecule has 1 aliphatic rings. The summed E-state index contributed by atoms with van der Waals surface area (Å²) < 4.78 is 0. The zero-order valence-electron chi connectivity index (χ0n) is 9.35. The Hall–Kier alpha value is -2.04. The lowest BCUT2D eigenvalue weighted by Gasteiger charge is -2.16. The number of likely N-dealkylation sites (tertiary alicyclic amines) is 1. The first-order chi connectivity index (χ1) is 8.09. The van der Waals surface area contributed by atoms with Crippen molar-refractivity contribution < 1.29 is 14.7 Å². The number of amides is 2. The first kappa shape index (κ1) is 11.4. The smallest absolute Gasteiger partial charge is 0.257 e. The van der Waals surface area contributed by atoms with Crippen molar-refractivity contribution >= 4 is 11.8 Å². The maximum absolute atomic E-state index is 12.1. The molecule has 0 saturated carbocycles. The van der Waals surface area contributed by atoms with E-state index in [-0.39, 0.29) is 22.8 Å². The van der Waals surface area contributed by atoms with Crippen LogP contribution in [0.25, 0.3) is 0 Å². The van der Waals surface area contributed by atoms with Gasteiger partial charge in [0.1, 0.15) is 5.75 Å². The van der Waals surface area contributed by atoms with E-state index < -0.39 is 5.91 Å². The van der Waals surface area contributed by atoms with Crippen LogP contribution in [0, 0.1) is 0 Å². The fraction of sp³-hybridized carbons (Fsp3) is 0.333. The highest BCUT2D eigenvalue weighted by molar-refractivity contribution is 6.01. The minimum absolute atomic E-state index is 0.119. The highest BCUT2D eigenvalue weighted by Crippen LogP contribution is 2.22. The molecule has 5 nitrogen and oxygen atoms in total. The molecule has 0 bridgehead atoms. The van der Waals surface area contributed by atoms with E-state index in [0.717, 1.165) is 12.8 Å². The predicted octanol–water partition coefficient (Wildman–Crippen LogP) is 0.727. The van der Waals surface area contributed by atoms with Crippen molar-refractivity contribution in [1.82, 2.24) is 4.90 Å². The van der Waals surface area contributed by atoms with E-state index in [1.807, 2.05) is 0 Å². The second kappa shape index (κ2) is 4.45. The van der Waals surface area contributed by atoms with Crippen LogP contribution in [0.5, 0.6) is 5.75 Å². The fourth-order valence-corrected chi connectivity index (χ4v) is 1.95. The van der Waals surface area contributed by atoms with Crippen LogP contribution in [0.15, 0.2) is 18.2 Å². The molecule has 2 amide bonds. The zero-order valence-corrected chi connectivity index (χ0v) is 9.35. The molecule has 1 aromatic carbocycles. The fourth-order valence-electron chi connectivity index (χ4n) is 1.95. The Morgan fingerprint density at radius 2 is 1.88 bits per heavy atom. The molecule has 0 radical (unpaired) electrons. The number of hydrogen-bond donors (Lipinski definition) is 2. The summed E-state index contributed by atoms with van der Waals surface area (Å²) in [5.74, 6) is -0.976. The van der Waals surface area contributed by atoms with Crippen molar-refractivity contribution in [3.63, 3.8) is 0 Å². The minimum atomic E-state index is -0.611. The summed E-state index contributed by atoms with van der Waals surface area (Å²) in [6, 6.07) is 4.07. The predicted molar refractivity (Wildman–Crippen MR) is 61.8 cm³/mol. The van der Waals surface area contributed by atoms with Gasteiger partial charge >= 0.3 is 0 Å². The van der Waals surface area contributed by atoms with E-state index in [2.05, 4.69) is 0 Å². The lowest BCUT2D eigenvalue weighted by atomic mass is 10.1. The zero-order chi connectivity index (χ0) is 12.4. The molecule has 17 heavy (non-hydrogen) atoms. The van der Waals surface area contributed by atoms with Crippen molar-refractivity contribution in [2.75, 3.05) is 13.1 Å². The average Bonchev–Trinajstić information content (AvgIpc) is 2.81. The van der Waals surface area contributed by atoms with Crippen LogP contribution in [0.4, 0.5) is 0 Å². The molecular formula is C12H14N2O3. The molecule has 3 N–H and O–H groups in total. The SMILES string of the molecule is NC(=O)c1ccc(O)c(C(=O)N2CCCC2)c1. The quantitative estimate of drug-likeness (QED) is 0.791. The van der Waals surface area contributed by atoms with Gasteiger partial charge in [0, 0.05) is 18.7 Å². The third kappa shape index (κ3) is 2.22. The third-order valence-corrected chi connectivity index (χ3v) is 2.90. The number of carbonyl (C=O) groups is 2. The molecule has 2 rings (SSSR count).